The molecule has 1 aromatic heterocycles. The van der Waals surface area contributed by atoms with Gasteiger partial charge in [0.15, 0.2) is 0 Å². The summed E-state index contributed by atoms with van der Waals surface area (Å²) in [5.41, 5.74) is 1.28. The second-order valence-electron chi connectivity index (χ2n) is 3.61. The third-order valence-electron chi connectivity index (χ3n) is 2.75. The molecule has 3 nitrogen and oxygen atoms in total. The molecule has 1 saturated heterocycles. The van der Waals surface area contributed by atoms with Crippen molar-refractivity contribution in [1.82, 2.24) is 10.6 Å². The van der Waals surface area contributed by atoms with Crippen molar-refractivity contribution in [2.75, 3.05) is 19.6 Å². The fourth-order valence-electron chi connectivity index (χ4n) is 1.80. The molecule has 1 aliphatic rings. The van der Waals surface area contributed by atoms with Crippen LogP contribution < -0.4 is 10.6 Å². The molecule has 1 fully saturated rings. The first-order valence-electron chi connectivity index (χ1n) is 4.84. The normalized spacial score (nSPS) is 25.8. The minimum atomic E-state index is 0.520. The Morgan fingerprint density at radius 1 is 1.54 bits per heavy atom. The highest BCUT2D eigenvalue weighted by atomic mass is 16.3. The average Bonchev–Trinajstić information content (AvgIpc) is 2.71. The van der Waals surface area contributed by atoms with E-state index in [0.29, 0.717) is 12.0 Å². The zero-order chi connectivity index (χ0) is 9.10. The Morgan fingerprint density at radius 2 is 2.46 bits per heavy atom. The summed E-state index contributed by atoms with van der Waals surface area (Å²) >= 11 is 0. The molecule has 3 heteroatoms. The number of hydrogen-bond donors (Lipinski definition) is 2. The molecule has 0 aromatic carbocycles. The van der Waals surface area contributed by atoms with Gasteiger partial charge in [0.25, 0.3) is 0 Å². The van der Waals surface area contributed by atoms with E-state index in [1.54, 1.807) is 6.26 Å². The summed E-state index contributed by atoms with van der Waals surface area (Å²) in [5, 5.41) is 6.89. The first-order valence-corrected chi connectivity index (χ1v) is 4.84. The van der Waals surface area contributed by atoms with Gasteiger partial charge < -0.3 is 15.1 Å². The van der Waals surface area contributed by atoms with Crippen LogP contribution in [0, 0.1) is 0 Å². The van der Waals surface area contributed by atoms with Crippen LogP contribution in [0.1, 0.15) is 18.4 Å². The van der Waals surface area contributed by atoms with Crippen molar-refractivity contribution in [3.05, 3.63) is 24.2 Å². The summed E-state index contributed by atoms with van der Waals surface area (Å²) in [6.45, 7) is 5.42. The number of hydrogen-bond acceptors (Lipinski definition) is 3. The van der Waals surface area contributed by atoms with Gasteiger partial charge in [0.1, 0.15) is 0 Å². The molecule has 0 aliphatic carbocycles. The standard InChI is InChI=1S/C10H16N2O/c1-8(9-2-5-13-7-9)10-6-11-3-4-12-10/h2,5,7-8,10-12H,3-4,6H2,1H3. The maximum Gasteiger partial charge on any atom is 0.0937 e. The van der Waals surface area contributed by atoms with Crippen molar-refractivity contribution in [3.63, 3.8) is 0 Å². The number of piperazine rings is 1. The molecule has 0 spiro atoms. The van der Waals surface area contributed by atoms with E-state index in [1.165, 1.54) is 5.56 Å². The van der Waals surface area contributed by atoms with Crippen LogP contribution in [-0.2, 0) is 0 Å². The highest BCUT2D eigenvalue weighted by molar-refractivity contribution is 5.14. The lowest BCUT2D eigenvalue weighted by atomic mass is 9.94. The lowest BCUT2D eigenvalue weighted by molar-refractivity contribution is 0.376. The lowest BCUT2D eigenvalue weighted by Gasteiger charge is -2.29. The Kier molecular flexibility index (Phi) is 2.66. The van der Waals surface area contributed by atoms with E-state index in [2.05, 4.69) is 17.6 Å². The summed E-state index contributed by atoms with van der Waals surface area (Å²) in [6.07, 6.45) is 3.57. The Bertz CT molecular complexity index is 239. The Hall–Kier alpha value is -0.800. The van der Waals surface area contributed by atoms with E-state index in [-0.39, 0.29) is 0 Å². The third-order valence-corrected chi connectivity index (χ3v) is 2.75. The monoisotopic (exact) mass is 180 g/mol. The summed E-state index contributed by atoms with van der Waals surface area (Å²) in [4.78, 5) is 0. The molecule has 2 atom stereocenters. The Morgan fingerprint density at radius 3 is 3.08 bits per heavy atom. The predicted molar refractivity (Wildman–Crippen MR) is 51.8 cm³/mol. The summed E-state index contributed by atoms with van der Waals surface area (Å²) in [7, 11) is 0. The van der Waals surface area contributed by atoms with Crippen LogP contribution in [0.5, 0.6) is 0 Å². The summed E-state index contributed by atoms with van der Waals surface area (Å²) in [6, 6.07) is 2.58. The molecule has 2 rings (SSSR count). The summed E-state index contributed by atoms with van der Waals surface area (Å²) < 4.78 is 5.08. The van der Waals surface area contributed by atoms with E-state index >= 15 is 0 Å². The van der Waals surface area contributed by atoms with Crippen LogP contribution in [0.25, 0.3) is 0 Å². The van der Waals surface area contributed by atoms with Gasteiger partial charge in [-0.25, -0.2) is 0 Å². The first kappa shape index (κ1) is 8.78. The quantitative estimate of drug-likeness (QED) is 0.711. The minimum Gasteiger partial charge on any atom is -0.472 e. The van der Waals surface area contributed by atoms with Gasteiger partial charge in [0, 0.05) is 31.6 Å². The smallest absolute Gasteiger partial charge is 0.0937 e. The number of rotatable bonds is 2. The third kappa shape index (κ3) is 1.92. The second kappa shape index (κ2) is 3.94. The molecule has 1 aliphatic heterocycles. The van der Waals surface area contributed by atoms with Gasteiger partial charge in [0.2, 0.25) is 0 Å². The van der Waals surface area contributed by atoms with Gasteiger partial charge in [-0.05, 0) is 11.6 Å². The van der Waals surface area contributed by atoms with E-state index in [9.17, 15) is 0 Å². The van der Waals surface area contributed by atoms with Crippen LogP contribution in [0.4, 0.5) is 0 Å². The summed E-state index contributed by atoms with van der Waals surface area (Å²) in [5.74, 6) is 0.520. The lowest BCUT2D eigenvalue weighted by Crippen LogP contribution is -2.50. The van der Waals surface area contributed by atoms with Gasteiger partial charge in [-0.1, -0.05) is 6.92 Å². The van der Waals surface area contributed by atoms with Crippen LogP contribution >= 0.6 is 0 Å². The van der Waals surface area contributed by atoms with Crippen molar-refractivity contribution in [3.8, 4) is 0 Å². The molecular weight excluding hydrogens is 164 g/mol. The molecule has 2 unspecified atom stereocenters. The molecule has 2 N–H and O–H groups in total. The minimum absolute atomic E-state index is 0.520. The van der Waals surface area contributed by atoms with Gasteiger partial charge in [-0.2, -0.15) is 0 Å². The van der Waals surface area contributed by atoms with Crippen LogP contribution in [0.15, 0.2) is 23.0 Å². The van der Waals surface area contributed by atoms with Crippen LogP contribution in [-0.4, -0.2) is 25.7 Å². The molecule has 13 heavy (non-hydrogen) atoms. The van der Waals surface area contributed by atoms with Crippen LogP contribution in [0.2, 0.25) is 0 Å². The first-order chi connectivity index (χ1) is 6.38. The second-order valence-corrected chi connectivity index (χ2v) is 3.61. The van der Waals surface area contributed by atoms with Crippen LogP contribution in [0.3, 0.4) is 0 Å². The highest BCUT2D eigenvalue weighted by Gasteiger charge is 2.20. The largest absolute Gasteiger partial charge is 0.472 e. The van der Waals surface area contributed by atoms with Gasteiger partial charge in [0.05, 0.1) is 12.5 Å². The molecule has 1 aromatic rings. The highest BCUT2D eigenvalue weighted by Crippen LogP contribution is 2.19. The SMILES string of the molecule is CC(c1ccoc1)C1CNCCN1. The zero-order valence-electron chi connectivity index (χ0n) is 7.92. The maximum absolute atomic E-state index is 5.08. The molecule has 0 amide bonds. The van der Waals surface area contributed by atoms with E-state index < -0.39 is 0 Å². The van der Waals surface area contributed by atoms with Gasteiger partial charge in [-0.15, -0.1) is 0 Å². The average molecular weight is 180 g/mol. The topological polar surface area (TPSA) is 37.2 Å². The van der Waals surface area contributed by atoms with Crippen molar-refractivity contribution >= 4 is 0 Å². The predicted octanol–water partition coefficient (Wildman–Crippen LogP) is 0.944. The fraction of sp³-hybridized carbons (Fsp3) is 0.600. The van der Waals surface area contributed by atoms with Crippen molar-refractivity contribution in [1.29, 1.82) is 0 Å². The van der Waals surface area contributed by atoms with Crippen molar-refractivity contribution in [2.24, 2.45) is 0 Å². The Balaban J connectivity index is 1.99. The molecule has 0 radical (unpaired) electrons. The molecule has 72 valence electrons. The fourth-order valence-corrected chi connectivity index (χ4v) is 1.80. The number of nitrogens with one attached hydrogen (secondary N) is 2. The van der Waals surface area contributed by atoms with E-state index in [1.807, 2.05) is 12.3 Å². The molecule has 0 bridgehead atoms. The van der Waals surface area contributed by atoms with Crippen molar-refractivity contribution in [2.45, 2.75) is 18.9 Å². The van der Waals surface area contributed by atoms with Crippen molar-refractivity contribution < 1.29 is 4.42 Å². The molecule has 0 saturated carbocycles. The Labute approximate surface area is 78.5 Å². The van der Waals surface area contributed by atoms with Gasteiger partial charge in [-0.3, -0.25) is 0 Å². The van der Waals surface area contributed by atoms with Gasteiger partial charge >= 0.3 is 0 Å². The maximum atomic E-state index is 5.08. The molecular formula is C10H16N2O. The molecule has 2 heterocycles. The van der Waals surface area contributed by atoms with E-state index in [0.717, 1.165) is 19.6 Å². The zero-order valence-corrected chi connectivity index (χ0v) is 7.92. The number of furan rings is 1. The van der Waals surface area contributed by atoms with E-state index in [4.69, 9.17) is 4.42 Å².